The smallest absolute Gasteiger partial charge is 0.182 e. The van der Waals surface area contributed by atoms with Crippen molar-refractivity contribution in [2.24, 2.45) is 20.0 Å². The second-order valence-electron chi connectivity index (χ2n) is 7.18. The summed E-state index contributed by atoms with van der Waals surface area (Å²) in [7, 11) is 3.55. The number of hydrogen-bond acceptors (Lipinski definition) is 4. The average Bonchev–Trinajstić information content (AvgIpc) is 3.34. The van der Waals surface area contributed by atoms with Crippen LogP contribution in [0, 0.1) is 23.2 Å². The molecule has 1 aliphatic rings. The molecule has 0 aliphatic carbocycles. The van der Waals surface area contributed by atoms with Crippen molar-refractivity contribution < 1.29 is 9.18 Å². The Morgan fingerprint density at radius 3 is 2.85 bits per heavy atom. The lowest BCUT2D eigenvalue weighted by Crippen LogP contribution is -2.17. The summed E-state index contributed by atoms with van der Waals surface area (Å²) in [6.45, 7) is 1.24. The zero-order valence-corrected chi connectivity index (χ0v) is 15.3. The minimum Gasteiger partial charge on any atom is -0.339 e. The molecule has 3 heterocycles. The van der Waals surface area contributed by atoms with Gasteiger partial charge in [0.15, 0.2) is 17.8 Å². The molecule has 1 aromatic carbocycles. The van der Waals surface area contributed by atoms with Crippen molar-refractivity contribution in [1.82, 2.24) is 19.2 Å². The van der Waals surface area contributed by atoms with Gasteiger partial charge in [-0.1, -0.05) is 6.07 Å². The number of nitrogens with zero attached hydrogens (tertiary/aromatic N) is 5. The van der Waals surface area contributed by atoms with Crippen LogP contribution in [-0.2, 0) is 14.1 Å². The maximum Gasteiger partial charge on any atom is 0.182 e. The first-order valence-corrected chi connectivity index (χ1v) is 8.92. The number of benzene rings is 1. The van der Waals surface area contributed by atoms with Gasteiger partial charge in [-0.3, -0.25) is 9.48 Å². The van der Waals surface area contributed by atoms with Crippen LogP contribution in [0.5, 0.6) is 0 Å². The number of halogens is 1. The van der Waals surface area contributed by atoms with Gasteiger partial charge in [-0.15, -0.1) is 0 Å². The highest BCUT2D eigenvalue weighted by atomic mass is 19.1. The molecule has 0 saturated carbocycles. The van der Waals surface area contributed by atoms with E-state index >= 15 is 4.39 Å². The summed E-state index contributed by atoms with van der Waals surface area (Å²) < 4.78 is 18.5. The molecule has 0 radical (unpaired) electrons. The first-order valence-electron chi connectivity index (χ1n) is 8.92. The van der Waals surface area contributed by atoms with Gasteiger partial charge in [0.25, 0.3) is 0 Å². The van der Waals surface area contributed by atoms with E-state index in [1.54, 1.807) is 33.5 Å². The van der Waals surface area contributed by atoms with Crippen LogP contribution >= 0.6 is 0 Å². The Bertz CT molecular complexity index is 1070. The number of carbonyl (C=O) groups is 1. The highest BCUT2D eigenvalue weighted by molar-refractivity contribution is 6.01. The molecular formula is C20H20FN5O. The van der Waals surface area contributed by atoms with Crippen LogP contribution < -0.4 is 0 Å². The lowest BCUT2D eigenvalue weighted by atomic mass is 10.00. The predicted octanol–water partition coefficient (Wildman–Crippen LogP) is 3.09. The van der Waals surface area contributed by atoms with E-state index in [1.807, 2.05) is 25.4 Å². The van der Waals surface area contributed by atoms with Crippen molar-refractivity contribution in [3.05, 3.63) is 42.1 Å². The van der Waals surface area contributed by atoms with E-state index in [0.29, 0.717) is 24.0 Å². The number of hydrogen-bond donors (Lipinski definition) is 0. The van der Waals surface area contributed by atoms with Crippen LogP contribution in [0.3, 0.4) is 0 Å². The molecule has 1 atom stereocenters. The van der Waals surface area contributed by atoms with Crippen molar-refractivity contribution in [3.8, 4) is 17.3 Å². The number of rotatable bonds is 4. The molecule has 1 saturated heterocycles. The van der Waals surface area contributed by atoms with E-state index < -0.39 is 5.82 Å². The fourth-order valence-electron chi connectivity index (χ4n) is 3.91. The minimum absolute atomic E-state index is 0.0977. The molecule has 3 aromatic rings. The summed E-state index contributed by atoms with van der Waals surface area (Å²) in [4.78, 5) is 14.4. The van der Waals surface area contributed by atoms with Crippen molar-refractivity contribution in [1.29, 1.82) is 5.26 Å². The Morgan fingerprint density at radius 1 is 1.37 bits per heavy atom. The molecule has 2 aromatic heterocycles. The molecule has 27 heavy (non-hydrogen) atoms. The Kier molecular flexibility index (Phi) is 4.19. The minimum atomic E-state index is -0.474. The maximum absolute atomic E-state index is 15.1. The number of Topliss-reactive ketones (excluding diaryl/α,β-unsaturated/α-hetero) is 1. The number of likely N-dealkylation sites (tertiary alicyclic amines) is 1. The van der Waals surface area contributed by atoms with E-state index in [2.05, 4.69) is 11.3 Å². The molecule has 0 unspecified atom stereocenters. The molecule has 0 amide bonds. The molecule has 6 nitrogen and oxygen atoms in total. The van der Waals surface area contributed by atoms with Gasteiger partial charge in [-0.05, 0) is 30.0 Å². The van der Waals surface area contributed by atoms with Crippen molar-refractivity contribution in [3.63, 3.8) is 0 Å². The van der Waals surface area contributed by atoms with Gasteiger partial charge in [-0.25, -0.2) is 4.39 Å². The fourth-order valence-corrected chi connectivity index (χ4v) is 3.91. The van der Waals surface area contributed by atoms with Crippen LogP contribution in [0.4, 0.5) is 4.39 Å². The second-order valence-corrected chi connectivity index (χ2v) is 7.18. The normalized spacial score (nSPS) is 16.8. The summed E-state index contributed by atoms with van der Waals surface area (Å²) in [6, 6.07) is 5.52. The SMILES string of the molecule is Cn1cc(-c2ccc3c(c2)c(F)c(C(=O)C[C@@H]2CCN(C#N)C2)n3C)cn1. The first kappa shape index (κ1) is 17.3. The standard InChI is InChI=1S/C20H20FN5O/c1-24-11-15(9-23-24)14-3-4-17-16(8-14)19(21)20(25(17)2)18(27)7-13-5-6-26(10-13)12-22/h3-4,8-9,11,13H,5-7,10H2,1-2H3/t13-/m0/s1. The Balaban J connectivity index is 1.67. The van der Waals surface area contributed by atoms with Crippen molar-refractivity contribution in [2.45, 2.75) is 12.8 Å². The van der Waals surface area contributed by atoms with E-state index in [9.17, 15) is 4.79 Å². The first-order chi connectivity index (χ1) is 13.0. The number of aryl methyl sites for hydroxylation is 2. The van der Waals surface area contributed by atoms with E-state index in [1.165, 1.54) is 0 Å². The summed E-state index contributed by atoms with van der Waals surface area (Å²) >= 11 is 0. The second kappa shape index (κ2) is 6.54. The largest absolute Gasteiger partial charge is 0.339 e. The summed E-state index contributed by atoms with van der Waals surface area (Å²) in [5.41, 5.74) is 2.56. The third-order valence-electron chi connectivity index (χ3n) is 5.34. The number of ketones is 1. The van der Waals surface area contributed by atoms with Gasteiger partial charge < -0.3 is 9.47 Å². The topological polar surface area (TPSA) is 66.8 Å². The molecule has 0 bridgehead atoms. The van der Waals surface area contributed by atoms with Gasteiger partial charge in [0.1, 0.15) is 5.69 Å². The molecule has 138 valence electrons. The molecule has 4 rings (SSSR count). The van der Waals surface area contributed by atoms with Gasteiger partial charge in [0.05, 0.1) is 11.7 Å². The lowest BCUT2D eigenvalue weighted by Gasteiger charge is -2.09. The maximum atomic E-state index is 15.1. The number of aromatic nitrogens is 3. The highest BCUT2D eigenvalue weighted by Gasteiger charge is 2.28. The zero-order valence-electron chi connectivity index (χ0n) is 15.3. The van der Waals surface area contributed by atoms with Gasteiger partial charge in [-0.2, -0.15) is 10.4 Å². The molecule has 1 aliphatic heterocycles. The van der Waals surface area contributed by atoms with Crippen LogP contribution in [0.25, 0.3) is 22.0 Å². The number of carbonyl (C=O) groups excluding carboxylic acids is 1. The van der Waals surface area contributed by atoms with E-state index in [4.69, 9.17) is 5.26 Å². The number of fused-ring (bicyclic) bond motifs is 1. The van der Waals surface area contributed by atoms with Crippen LogP contribution in [0.2, 0.25) is 0 Å². The van der Waals surface area contributed by atoms with E-state index in [-0.39, 0.29) is 23.8 Å². The third kappa shape index (κ3) is 2.97. The zero-order chi connectivity index (χ0) is 19.1. The van der Waals surface area contributed by atoms with Crippen LogP contribution in [-0.4, -0.2) is 38.1 Å². The quantitative estimate of drug-likeness (QED) is 0.526. The fraction of sp³-hybridized carbons (Fsp3) is 0.350. The van der Waals surface area contributed by atoms with Gasteiger partial charge >= 0.3 is 0 Å². The molecule has 0 spiro atoms. The highest BCUT2D eigenvalue weighted by Crippen LogP contribution is 2.31. The monoisotopic (exact) mass is 365 g/mol. The van der Waals surface area contributed by atoms with Crippen molar-refractivity contribution >= 4 is 16.7 Å². The Morgan fingerprint density at radius 2 is 2.19 bits per heavy atom. The van der Waals surface area contributed by atoms with E-state index in [0.717, 1.165) is 17.5 Å². The van der Waals surface area contributed by atoms with Crippen LogP contribution in [0.1, 0.15) is 23.3 Å². The van der Waals surface area contributed by atoms with Crippen molar-refractivity contribution in [2.75, 3.05) is 13.1 Å². The summed E-state index contributed by atoms with van der Waals surface area (Å²) in [5.74, 6) is -0.585. The lowest BCUT2D eigenvalue weighted by molar-refractivity contribution is 0.0951. The summed E-state index contributed by atoms with van der Waals surface area (Å²) in [6.07, 6.45) is 6.76. The number of nitriles is 1. The molecule has 1 fully saturated rings. The molecule has 0 N–H and O–H groups in total. The van der Waals surface area contributed by atoms with Gasteiger partial charge in [0.2, 0.25) is 0 Å². The molecule has 7 heteroatoms. The Hall–Kier alpha value is -3.14. The van der Waals surface area contributed by atoms with Crippen LogP contribution in [0.15, 0.2) is 30.6 Å². The third-order valence-corrected chi connectivity index (χ3v) is 5.34. The average molecular weight is 365 g/mol. The summed E-state index contributed by atoms with van der Waals surface area (Å²) in [5, 5.41) is 13.6. The van der Waals surface area contributed by atoms with Gasteiger partial charge in [0, 0.05) is 50.8 Å². The predicted molar refractivity (Wildman–Crippen MR) is 99.3 cm³/mol. The molecular weight excluding hydrogens is 345 g/mol. The Labute approximate surface area is 156 Å².